The van der Waals surface area contributed by atoms with Crippen LogP contribution in [0.3, 0.4) is 0 Å². The highest BCUT2D eigenvalue weighted by Gasteiger charge is 2.38. The molecule has 156 valence electrons. The molecule has 28 heavy (non-hydrogen) atoms. The lowest BCUT2D eigenvalue weighted by atomic mass is 9.76. The van der Waals surface area contributed by atoms with Crippen LogP contribution in [0.2, 0.25) is 0 Å². The molecule has 1 fully saturated rings. The van der Waals surface area contributed by atoms with Gasteiger partial charge in [-0.15, -0.1) is 0 Å². The van der Waals surface area contributed by atoms with Crippen molar-refractivity contribution in [1.82, 2.24) is 19.5 Å². The SMILES string of the molecule is CCC(C)(OC[C@@H]1CCCN1CCNc1ccn2ncc(Br)c2n1)C(C)(C)C. The summed E-state index contributed by atoms with van der Waals surface area (Å²) >= 11 is 3.49. The third kappa shape index (κ3) is 4.69. The van der Waals surface area contributed by atoms with E-state index in [9.17, 15) is 0 Å². The number of fused-ring (bicyclic) bond motifs is 1. The topological polar surface area (TPSA) is 54.7 Å². The molecule has 0 spiro atoms. The van der Waals surface area contributed by atoms with Gasteiger partial charge < -0.3 is 10.1 Å². The maximum Gasteiger partial charge on any atom is 0.171 e. The Morgan fingerprint density at radius 1 is 1.32 bits per heavy atom. The first-order valence-corrected chi connectivity index (χ1v) is 11.1. The van der Waals surface area contributed by atoms with E-state index in [1.54, 1.807) is 10.7 Å². The van der Waals surface area contributed by atoms with Gasteiger partial charge in [0, 0.05) is 25.3 Å². The molecule has 1 aliphatic rings. The summed E-state index contributed by atoms with van der Waals surface area (Å²) in [6.45, 7) is 15.1. The van der Waals surface area contributed by atoms with Crippen LogP contribution in [0.5, 0.6) is 0 Å². The quantitative estimate of drug-likeness (QED) is 0.635. The molecular weight excluding hydrogens is 418 g/mol. The summed E-state index contributed by atoms with van der Waals surface area (Å²) in [4.78, 5) is 7.18. The van der Waals surface area contributed by atoms with Gasteiger partial charge in [0.25, 0.3) is 0 Å². The molecule has 0 amide bonds. The lowest BCUT2D eigenvalue weighted by Crippen LogP contribution is -2.45. The van der Waals surface area contributed by atoms with Crippen LogP contribution in [0.1, 0.15) is 53.9 Å². The van der Waals surface area contributed by atoms with Crippen LogP contribution in [0.25, 0.3) is 5.65 Å². The Morgan fingerprint density at radius 3 is 2.82 bits per heavy atom. The molecule has 1 N–H and O–H groups in total. The van der Waals surface area contributed by atoms with Crippen molar-refractivity contribution in [1.29, 1.82) is 0 Å². The Kier molecular flexibility index (Phi) is 6.67. The molecule has 0 aromatic carbocycles. The molecule has 2 atom stereocenters. The smallest absolute Gasteiger partial charge is 0.171 e. The highest BCUT2D eigenvalue weighted by molar-refractivity contribution is 9.10. The maximum absolute atomic E-state index is 6.49. The number of nitrogens with one attached hydrogen (secondary N) is 1. The van der Waals surface area contributed by atoms with Crippen LogP contribution in [0.4, 0.5) is 5.82 Å². The third-order valence-electron chi connectivity index (χ3n) is 6.39. The van der Waals surface area contributed by atoms with Gasteiger partial charge in [0.2, 0.25) is 0 Å². The molecule has 7 heteroatoms. The molecule has 1 saturated heterocycles. The molecule has 3 heterocycles. The van der Waals surface area contributed by atoms with Crippen molar-refractivity contribution in [3.05, 3.63) is 22.9 Å². The predicted octanol–water partition coefficient (Wildman–Crippen LogP) is 4.60. The van der Waals surface area contributed by atoms with E-state index in [2.05, 4.69) is 70.8 Å². The Hall–Kier alpha value is -1.18. The van der Waals surface area contributed by atoms with Crippen molar-refractivity contribution in [2.24, 2.45) is 5.41 Å². The number of aromatic nitrogens is 3. The second kappa shape index (κ2) is 8.67. The molecular formula is C21H34BrN5O. The zero-order chi connectivity index (χ0) is 20.4. The molecule has 0 saturated carbocycles. The summed E-state index contributed by atoms with van der Waals surface area (Å²) in [7, 11) is 0. The Bertz CT molecular complexity index is 787. The first kappa shape index (κ1) is 21.5. The van der Waals surface area contributed by atoms with E-state index in [0.717, 1.165) is 48.6 Å². The van der Waals surface area contributed by atoms with Gasteiger partial charge in [0.05, 0.1) is 22.9 Å². The summed E-state index contributed by atoms with van der Waals surface area (Å²) in [5, 5.41) is 7.69. The highest BCUT2D eigenvalue weighted by atomic mass is 79.9. The minimum absolute atomic E-state index is 0.0858. The highest BCUT2D eigenvalue weighted by Crippen LogP contribution is 2.37. The molecule has 1 unspecified atom stereocenters. The minimum atomic E-state index is -0.0858. The molecule has 0 bridgehead atoms. The number of rotatable bonds is 8. The molecule has 3 rings (SSSR count). The first-order valence-electron chi connectivity index (χ1n) is 10.4. The van der Waals surface area contributed by atoms with Gasteiger partial charge in [0.15, 0.2) is 5.65 Å². The fourth-order valence-electron chi connectivity index (χ4n) is 3.77. The van der Waals surface area contributed by atoms with E-state index >= 15 is 0 Å². The average Bonchev–Trinajstić information content (AvgIpc) is 3.25. The second-order valence-electron chi connectivity index (χ2n) is 8.98. The molecule has 0 radical (unpaired) electrons. The van der Waals surface area contributed by atoms with Crippen LogP contribution in [0.15, 0.2) is 22.9 Å². The lowest BCUT2D eigenvalue weighted by Gasteiger charge is -2.42. The van der Waals surface area contributed by atoms with Gasteiger partial charge in [-0.1, -0.05) is 27.7 Å². The number of anilines is 1. The van der Waals surface area contributed by atoms with Gasteiger partial charge >= 0.3 is 0 Å². The van der Waals surface area contributed by atoms with E-state index in [0.29, 0.717) is 6.04 Å². The van der Waals surface area contributed by atoms with Crippen LogP contribution < -0.4 is 5.32 Å². The number of hydrogen-bond donors (Lipinski definition) is 1. The number of hydrogen-bond acceptors (Lipinski definition) is 5. The van der Waals surface area contributed by atoms with Gasteiger partial charge in [-0.2, -0.15) is 5.10 Å². The minimum Gasteiger partial charge on any atom is -0.373 e. The molecule has 0 aliphatic carbocycles. The second-order valence-corrected chi connectivity index (χ2v) is 9.83. The van der Waals surface area contributed by atoms with E-state index in [1.165, 1.54) is 12.8 Å². The molecule has 2 aromatic heterocycles. The first-order chi connectivity index (χ1) is 13.2. The third-order valence-corrected chi connectivity index (χ3v) is 6.95. The molecule has 1 aliphatic heterocycles. The van der Waals surface area contributed by atoms with Gasteiger partial charge in [-0.3, -0.25) is 4.90 Å². The monoisotopic (exact) mass is 451 g/mol. The Balaban J connectivity index is 1.51. The summed E-state index contributed by atoms with van der Waals surface area (Å²) in [5.41, 5.74) is 0.884. The van der Waals surface area contributed by atoms with Crippen molar-refractivity contribution in [2.45, 2.75) is 65.5 Å². The zero-order valence-corrected chi connectivity index (χ0v) is 19.4. The summed E-state index contributed by atoms with van der Waals surface area (Å²) in [6.07, 6.45) is 7.20. The fraction of sp³-hybridized carbons (Fsp3) is 0.714. The summed E-state index contributed by atoms with van der Waals surface area (Å²) < 4.78 is 9.16. The van der Waals surface area contributed by atoms with E-state index < -0.39 is 0 Å². The van der Waals surface area contributed by atoms with Crippen LogP contribution in [-0.4, -0.2) is 57.4 Å². The Labute approximate surface area is 177 Å². The van der Waals surface area contributed by atoms with Crippen molar-refractivity contribution in [3.63, 3.8) is 0 Å². The average molecular weight is 452 g/mol. The van der Waals surface area contributed by atoms with Crippen molar-refractivity contribution in [2.75, 3.05) is 31.6 Å². The predicted molar refractivity (Wildman–Crippen MR) is 118 cm³/mol. The van der Waals surface area contributed by atoms with E-state index in [-0.39, 0.29) is 11.0 Å². The van der Waals surface area contributed by atoms with Crippen molar-refractivity contribution < 1.29 is 4.74 Å². The van der Waals surface area contributed by atoms with Gasteiger partial charge in [-0.05, 0) is 60.1 Å². The number of nitrogens with zero attached hydrogens (tertiary/aromatic N) is 4. The number of likely N-dealkylation sites (tertiary alicyclic amines) is 1. The maximum atomic E-state index is 6.49. The summed E-state index contributed by atoms with van der Waals surface area (Å²) in [5.74, 6) is 0.881. The van der Waals surface area contributed by atoms with Crippen molar-refractivity contribution in [3.8, 4) is 0 Å². The van der Waals surface area contributed by atoms with Crippen molar-refractivity contribution >= 4 is 27.4 Å². The van der Waals surface area contributed by atoms with E-state index in [1.807, 2.05) is 12.3 Å². The largest absolute Gasteiger partial charge is 0.373 e. The number of ether oxygens (including phenoxy) is 1. The van der Waals surface area contributed by atoms with Gasteiger partial charge in [0.1, 0.15) is 5.82 Å². The van der Waals surface area contributed by atoms with Crippen LogP contribution in [-0.2, 0) is 4.74 Å². The van der Waals surface area contributed by atoms with Gasteiger partial charge in [-0.25, -0.2) is 9.50 Å². The zero-order valence-electron chi connectivity index (χ0n) is 17.8. The van der Waals surface area contributed by atoms with Crippen LogP contribution in [0, 0.1) is 5.41 Å². The molecule has 2 aromatic rings. The standard InChI is InChI=1S/C21H34BrN5O/c1-6-21(5,20(2,3)4)28-15-16-8-7-11-26(16)13-10-23-18-9-12-27-19(25-18)17(22)14-24-27/h9,12,14,16H,6-8,10-11,13,15H2,1-5H3,(H,23,25)/t16-,21?/m0/s1. The fourth-order valence-corrected chi connectivity index (χ4v) is 4.14. The normalized spacial score (nSPS) is 20.6. The Morgan fingerprint density at radius 2 is 2.11 bits per heavy atom. The summed E-state index contributed by atoms with van der Waals surface area (Å²) in [6, 6.07) is 2.47. The van der Waals surface area contributed by atoms with Crippen LogP contribution >= 0.6 is 15.9 Å². The molecule has 6 nitrogen and oxygen atoms in total. The van der Waals surface area contributed by atoms with E-state index in [4.69, 9.17) is 4.74 Å². The number of halogens is 1. The lowest BCUT2D eigenvalue weighted by molar-refractivity contribution is -0.118.